The first-order chi connectivity index (χ1) is 11.9. The molecule has 0 aliphatic heterocycles. The SMILES string of the molecule is CC(C)(Sc1nc2ccccc2n1Cc1ccc(C#N)cc1)C(=O)O. The number of carboxylic acids is 1. The van der Waals surface area contributed by atoms with Crippen LogP contribution in [-0.2, 0) is 11.3 Å². The van der Waals surface area contributed by atoms with Gasteiger partial charge in [-0.3, -0.25) is 4.79 Å². The van der Waals surface area contributed by atoms with Gasteiger partial charge in [0.2, 0.25) is 0 Å². The number of nitrogens with zero attached hydrogens (tertiary/aromatic N) is 3. The van der Waals surface area contributed by atoms with Crippen molar-refractivity contribution in [2.24, 2.45) is 0 Å². The van der Waals surface area contributed by atoms with Gasteiger partial charge in [-0.25, -0.2) is 4.98 Å². The van der Waals surface area contributed by atoms with Gasteiger partial charge < -0.3 is 9.67 Å². The fourth-order valence-electron chi connectivity index (χ4n) is 2.42. The number of rotatable bonds is 5. The summed E-state index contributed by atoms with van der Waals surface area (Å²) in [6.45, 7) is 3.90. The van der Waals surface area contributed by atoms with E-state index in [9.17, 15) is 9.90 Å². The van der Waals surface area contributed by atoms with E-state index in [1.807, 2.05) is 41.0 Å². The van der Waals surface area contributed by atoms with Crippen molar-refractivity contribution in [3.8, 4) is 6.07 Å². The van der Waals surface area contributed by atoms with Crippen molar-refractivity contribution in [3.05, 3.63) is 59.7 Å². The number of aliphatic carboxylic acids is 1. The Morgan fingerprint density at radius 3 is 2.56 bits per heavy atom. The monoisotopic (exact) mass is 351 g/mol. The van der Waals surface area contributed by atoms with Gasteiger partial charge in [0.25, 0.3) is 0 Å². The number of aromatic nitrogens is 2. The zero-order chi connectivity index (χ0) is 18.0. The first-order valence-electron chi connectivity index (χ1n) is 7.77. The fourth-order valence-corrected chi connectivity index (χ4v) is 3.38. The third-order valence-corrected chi connectivity index (χ3v) is 5.08. The van der Waals surface area contributed by atoms with E-state index in [4.69, 9.17) is 5.26 Å². The molecule has 1 heterocycles. The highest BCUT2D eigenvalue weighted by Crippen LogP contribution is 2.34. The van der Waals surface area contributed by atoms with Crippen LogP contribution >= 0.6 is 11.8 Å². The summed E-state index contributed by atoms with van der Waals surface area (Å²) < 4.78 is 1.04. The standard InChI is InChI=1S/C19H17N3O2S/c1-19(2,17(23)24)25-18-21-15-5-3-4-6-16(15)22(18)12-14-9-7-13(11-20)8-10-14/h3-10H,12H2,1-2H3,(H,23,24). The summed E-state index contributed by atoms with van der Waals surface area (Å²) in [5.74, 6) is -0.880. The first-order valence-corrected chi connectivity index (χ1v) is 8.59. The Bertz CT molecular complexity index is 968. The maximum Gasteiger partial charge on any atom is 0.319 e. The van der Waals surface area contributed by atoms with Crippen LogP contribution < -0.4 is 0 Å². The molecule has 0 spiro atoms. The Balaban J connectivity index is 2.03. The molecular weight excluding hydrogens is 334 g/mol. The van der Waals surface area contributed by atoms with Crippen LogP contribution in [0.15, 0.2) is 53.7 Å². The quantitative estimate of drug-likeness (QED) is 0.705. The average Bonchev–Trinajstić information content (AvgIpc) is 2.92. The van der Waals surface area contributed by atoms with Crippen LogP contribution in [0.2, 0.25) is 0 Å². The Morgan fingerprint density at radius 2 is 1.92 bits per heavy atom. The van der Waals surface area contributed by atoms with Crippen LogP contribution in [0, 0.1) is 11.3 Å². The van der Waals surface area contributed by atoms with E-state index in [1.165, 1.54) is 11.8 Å². The summed E-state index contributed by atoms with van der Waals surface area (Å²) in [5, 5.41) is 19.0. The van der Waals surface area contributed by atoms with E-state index in [0.717, 1.165) is 16.6 Å². The lowest BCUT2D eigenvalue weighted by Gasteiger charge is -2.18. The molecule has 1 N–H and O–H groups in total. The average molecular weight is 351 g/mol. The molecule has 126 valence electrons. The molecule has 5 nitrogen and oxygen atoms in total. The lowest BCUT2D eigenvalue weighted by Crippen LogP contribution is -2.27. The molecule has 0 fully saturated rings. The molecule has 2 aromatic carbocycles. The molecule has 3 aromatic rings. The van der Waals surface area contributed by atoms with Crippen LogP contribution in [-0.4, -0.2) is 25.4 Å². The van der Waals surface area contributed by atoms with Crippen LogP contribution in [0.25, 0.3) is 11.0 Å². The smallest absolute Gasteiger partial charge is 0.319 e. The Hall–Kier alpha value is -2.78. The second-order valence-electron chi connectivity index (χ2n) is 6.20. The summed E-state index contributed by atoms with van der Waals surface area (Å²) in [5.41, 5.74) is 3.42. The van der Waals surface area contributed by atoms with Crippen molar-refractivity contribution in [2.45, 2.75) is 30.3 Å². The molecule has 0 saturated heterocycles. The van der Waals surface area contributed by atoms with Crippen molar-refractivity contribution in [2.75, 3.05) is 0 Å². The Kier molecular flexibility index (Phi) is 4.51. The number of carboxylic acid groups (broad SMARTS) is 1. The van der Waals surface area contributed by atoms with E-state index >= 15 is 0 Å². The molecule has 0 atom stereocenters. The first kappa shape index (κ1) is 17.1. The van der Waals surface area contributed by atoms with Gasteiger partial charge in [-0.2, -0.15) is 5.26 Å². The van der Waals surface area contributed by atoms with Crippen LogP contribution in [0.1, 0.15) is 25.0 Å². The summed E-state index contributed by atoms with van der Waals surface area (Å²) in [6, 6.07) is 17.2. The highest BCUT2D eigenvalue weighted by atomic mass is 32.2. The van der Waals surface area contributed by atoms with E-state index in [2.05, 4.69) is 11.1 Å². The predicted octanol–water partition coefficient (Wildman–Crippen LogP) is 3.91. The zero-order valence-electron chi connectivity index (χ0n) is 13.9. The van der Waals surface area contributed by atoms with Crippen molar-refractivity contribution in [1.29, 1.82) is 5.26 Å². The number of nitriles is 1. The maximum atomic E-state index is 11.5. The number of hydrogen-bond acceptors (Lipinski definition) is 4. The highest BCUT2D eigenvalue weighted by molar-refractivity contribution is 8.01. The van der Waals surface area contributed by atoms with Gasteiger partial charge in [0.15, 0.2) is 5.16 Å². The number of para-hydroxylation sites is 2. The molecule has 0 unspecified atom stereocenters. The molecule has 6 heteroatoms. The number of thioether (sulfide) groups is 1. The second kappa shape index (κ2) is 6.61. The molecule has 0 saturated carbocycles. The second-order valence-corrected chi connectivity index (χ2v) is 7.79. The van der Waals surface area contributed by atoms with Crippen LogP contribution in [0.4, 0.5) is 0 Å². The molecule has 0 bridgehead atoms. The Morgan fingerprint density at radius 1 is 1.24 bits per heavy atom. The van der Waals surface area contributed by atoms with Gasteiger partial charge in [0.1, 0.15) is 4.75 Å². The summed E-state index contributed by atoms with van der Waals surface area (Å²) in [7, 11) is 0. The van der Waals surface area contributed by atoms with E-state index < -0.39 is 10.7 Å². The molecule has 25 heavy (non-hydrogen) atoms. The third kappa shape index (κ3) is 3.52. The normalized spacial score (nSPS) is 11.4. The lowest BCUT2D eigenvalue weighted by atomic mass is 10.1. The molecule has 0 radical (unpaired) electrons. The van der Waals surface area contributed by atoms with Gasteiger partial charge in [-0.15, -0.1) is 0 Å². The van der Waals surface area contributed by atoms with E-state index in [-0.39, 0.29) is 0 Å². The van der Waals surface area contributed by atoms with E-state index in [1.54, 1.807) is 26.0 Å². The number of benzene rings is 2. The minimum atomic E-state index is -0.982. The summed E-state index contributed by atoms with van der Waals surface area (Å²) in [6.07, 6.45) is 0. The number of imidazole rings is 1. The number of carbonyl (C=O) groups is 1. The van der Waals surface area contributed by atoms with Gasteiger partial charge in [0.05, 0.1) is 29.2 Å². The topological polar surface area (TPSA) is 78.9 Å². The Labute approximate surface area is 149 Å². The molecule has 0 aliphatic rings. The zero-order valence-corrected chi connectivity index (χ0v) is 14.7. The summed E-state index contributed by atoms with van der Waals surface area (Å²) >= 11 is 1.23. The van der Waals surface area contributed by atoms with Crippen LogP contribution in [0.5, 0.6) is 0 Å². The number of hydrogen-bond donors (Lipinski definition) is 1. The lowest BCUT2D eigenvalue weighted by molar-refractivity contribution is -0.138. The molecular formula is C19H17N3O2S. The van der Waals surface area contributed by atoms with Crippen molar-refractivity contribution in [3.63, 3.8) is 0 Å². The molecule has 0 amide bonds. The van der Waals surface area contributed by atoms with Crippen LogP contribution in [0.3, 0.4) is 0 Å². The minimum Gasteiger partial charge on any atom is -0.480 e. The fraction of sp³-hybridized carbons (Fsp3) is 0.211. The maximum absolute atomic E-state index is 11.5. The molecule has 3 rings (SSSR count). The minimum absolute atomic E-state index is 0.560. The largest absolute Gasteiger partial charge is 0.480 e. The van der Waals surface area contributed by atoms with Crippen molar-refractivity contribution >= 4 is 28.8 Å². The molecule has 1 aromatic heterocycles. The predicted molar refractivity (Wildman–Crippen MR) is 97.6 cm³/mol. The van der Waals surface area contributed by atoms with Gasteiger partial charge in [-0.1, -0.05) is 36.0 Å². The molecule has 0 aliphatic carbocycles. The van der Waals surface area contributed by atoms with Crippen molar-refractivity contribution < 1.29 is 9.90 Å². The van der Waals surface area contributed by atoms with Gasteiger partial charge >= 0.3 is 5.97 Å². The van der Waals surface area contributed by atoms with E-state index in [0.29, 0.717) is 17.3 Å². The van der Waals surface area contributed by atoms with Crippen molar-refractivity contribution in [1.82, 2.24) is 9.55 Å². The highest BCUT2D eigenvalue weighted by Gasteiger charge is 2.31. The van der Waals surface area contributed by atoms with Gasteiger partial charge in [0, 0.05) is 0 Å². The van der Waals surface area contributed by atoms with Gasteiger partial charge in [-0.05, 0) is 43.7 Å². The number of fused-ring (bicyclic) bond motifs is 1. The summed E-state index contributed by atoms with van der Waals surface area (Å²) in [4.78, 5) is 16.1. The third-order valence-electron chi connectivity index (χ3n) is 3.90.